The van der Waals surface area contributed by atoms with E-state index in [1.165, 1.54) is 11.8 Å². The average Bonchev–Trinajstić information content (AvgIpc) is 3.51. The van der Waals surface area contributed by atoms with Crippen LogP contribution in [0.3, 0.4) is 0 Å². The monoisotopic (exact) mass is 475 g/mol. The van der Waals surface area contributed by atoms with Gasteiger partial charge in [-0.25, -0.2) is 0 Å². The standard InChI is InChI=1S/C24H18ClN5O2S/c1-31-20-13-9-16(10-14-20)22-26-21(32-29-22)15-33-24-28-27-23(17-7-11-18(25)12-8-17)30(24)19-5-3-2-4-6-19/h2-14H,15H2,1H3. The van der Waals surface area contributed by atoms with Gasteiger partial charge in [-0.15, -0.1) is 10.2 Å². The highest BCUT2D eigenvalue weighted by molar-refractivity contribution is 7.98. The Bertz CT molecular complexity index is 1350. The Hall–Kier alpha value is -3.62. The summed E-state index contributed by atoms with van der Waals surface area (Å²) in [5.74, 6) is 2.98. The zero-order chi connectivity index (χ0) is 22.6. The molecule has 3 aromatic carbocycles. The van der Waals surface area contributed by atoms with Gasteiger partial charge >= 0.3 is 0 Å². The van der Waals surface area contributed by atoms with Crippen LogP contribution in [0.4, 0.5) is 0 Å². The minimum Gasteiger partial charge on any atom is -0.497 e. The van der Waals surface area contributed by atoms with Crippen molar-refractivity contribution in [3.63, 3.8) is 0 Å². The molecule has 0 saturated heterocycles. The van der Waals surface area contributed by atoms with Gasteiger partial charge in [-0.3, -0.25) is 4.57 Å². The molecule has 33 heavy (non-hydrogen) atoms. The van der Waals surface area contributed by atoms with E-state index in [1.807, 2.05) is 83.4 Å². The van der Waals surface area contributed by atoms with Gasteiger partial charge in [0.2, 0.25) is 11.7 Å². The SMILES string of the molecule is COc1ccc(-c2noc(CSc3nnc(-c4ccc(Cl)cc4)n3-c3ccccc3)n2)cc1. The molecule has 0 spiro atoms. The fourth-order valence-electron chi connectivity index (χ4n) is 3.26. The highest BCUT2D eigenvalue weighted by Crippen LogP contribution is 2.30. The molecule has 0 saturated carbocycles. The topological polar surface area (TPSA) is 78.9 Å². The van der Waals surface area contributed by atoms with Crippen molar-refractivity contribution in [2.75, 3.05) is 7.11 Å². The molecule has 2 aromatic heterocycles. The lowest BCUT2D eigenvalue weighted by atomic mass is 10.2. The Morgan fingerprint density at radius 3 is 2.36 bits per heavy atom. The van der Waals surface area contributed by atoms with E-state index in [9.17, 15) is 0 Å². The van der Waals surface area contributed by atoms with Crippen molar-refractivity contribution in [3.8, 4) is 34.2 Å². The van der Waals surface area contributed by atoms with Crippen LogP contribution in [-0.2, 0) is 5.75 Å². The van der Waals surface area contributed by atoms with Crippen LogP contribution in [0.2, 0.25) is 5.02 Å². The Morgan fingerprint density at radius 2 is 1.64 bits per heavy atom. The summed E-state index contributed by atoms with van der Waals surface area (Å²) in [5, 5.41) is 14.4. The summed E-state index contributed by atoms with van der Waals surface area (Å²) in [5.41, 5.74) is 2.73. The van der Waals surface area contributed by atoms with Crippen molar-refractivity contribution in [2.45, 2.75) is 10.9 Å². The van der Waals surface area contributed by atoms with Crippen molar-refractivity contribution < 1.29 is 9.26 Å². The maximum atomic E-state index is 6.06. The van der Waals surface area contributed by atoms with E-state index < -0.39 is 0 Å². The van der Waals surface area contributed by atoms with Gasteiger partial charge in [0.1, 0.15) is 5.75 Å². The second kappa shape index (κ2) is 9.48. The zero-order valence-corrected chi connectivity index (χ0v) is 19.1. The van der Waals surface area contributed by atoms with Crippen molar-refractivity contribution in [1.82, 2.24) is 24.9 Å². The molecule has 0 fully saturated rings. The minimum absolute atomic E-state index is 0.453. The van der Waals surface area contributed by atoms with Crippen LogP contribution in [0.5, 0.6) is 5.75 Å². The summed E-state index contributed by atoms with van der Waals surface area (Å²) in [6, 6.07) is 25.0. The number of ether oxygens (including phenoxy) is 1. The van der Waals surface area contributed by atoms with Gasteiger partial charge in [-0.2, -0.15) is 4.98 Å². The highest BCUT2D eigenvalue weighted by Gasteiger charge is 2.18. The largest absolute Gasteiger partial charge is 0.497 e. The highest BCUT2D eigenvalue weighted by atomic mass is 35.5. The van der Waals surface area contributed by atoms with Crippen LogP contribution in [0.25, 0.3) is 28.5 Å². The average molecular weight is 476 g/mol. The van der Waals surface area contributed by atoms with Crippen molar-refractivity contribution in [3.05, 3.63) is 89.8 Å². The molecule has 164 valence electrons. The third-order valence-corrected chi connectivity index (χ3v) is 6.06. The quantitative estimate of drug-likeness (QED) is 0.269. The lowest BCUT2D eigenvalue weighted by Crippen LogP contribution is -1.99. The Labute approximate surface area is 199 Å². The van der Waals surface area contributed by atoms with E-state index in [4.69, 9.17) is 20.9 Å². The molecular formula is C24H18ClN5O2S. The molecule has 0 radical (unpaired) electrons. The lowest BCUT2D eigenvalue weighted by Gasteiger charge is -2.09. The summed E-state index contributed by atoms with van der Waals surface area (Å²) < 4.78 is 12.7. The number of aromatic nitrogens is 5. The summed E-state index contributed by atoms with van der Waals surface area (Å²) in [4.78, 5) is 4.52. The predicted molar refractivity (Wildman–Crippen MR) is 128 cm³/mol. The maximum Gasteiger partial charge on any atom is 0.237 e. The number of hydrogen-bond donors (Lipinski definition) is 0. The number of rotatable bonds is 7. The first-order valence-electron chi connectivity index (χ1n) is 10.1. The van der Waals surface area contributed by atoms with Gasteiger partial charge in [0.05, 0.1) is 12.9 Å². The van der Waals surface area contributed by atoms with Crippen LogP contribution in [0.1, 0.15) is 5.89 Å². The normalized spacial score (nSPS) is 11.0. The Kier molecular flexibility index (Phi) is 6.10. The summed E-state index contributed by atoms with van der Waals surface area (Å²) >= 11 is 7.54. The van der Waals surface area contributed by atoms with E-state index in [0.717, 1.165) is 33.5 Å². The molecule has 0 amide bonds. The molecule has 0 unspecified atom stereocenters. The molecule has 0 N–H and O–H groups in total. The van der Waals surface area contributed by atoms with Gasteiger partial charge in [0.15, 0.2) is 11.0 Å². The van der Waals surface area contributed by atoms with Gasteiger partial charge in [-0.1, -0.05) is 46.7 Å². The van der Waals surface area contributed by atoms with E-state index in [1.54, 1.807) is 7.11 Å². The number of para-hydroxylation sites is 1. The van der Waals surface area contributed by atoms with Crippen LogP contribution in [-0.4, -0.2) is 32.0 Å². The van der Waals surface area contributed by atoms with Crippen molar-refractivity contribution >= 4 is 23.4 Å². The van der Waals surface area contributed by atoms with Crippen molar-refractivity contribution in [1.29, 1.82) is 0 Å². The second-order valence-electron chi connectivity index (χ2n) is 7.01. The fourth-order valence-corrected chi connectivity index (χ4v) is 4.17. The minimum atomic E-state index is 0.453. The van der Waals surface area contributed by atoms with Crippen LogP contribution in [0.15, 0.2) is 88.5 Å². The summed E-state index contributed by atoms with van der Waals surface area (Å²) in [7, 11) is 1.63. The number of halogens is 1. The Balaban J connectivity index is 1.41. The van der Waals surface area contributed by atoms with E-state index in [-0.39, 0.29) is 0 Å². The molecular weight excluding hydrogens is 458 g/mol. The molecule has 7 nitrogen and oxygen atoms in total. The van der Waals surface area contributed by atoms with Gasteiger partial charge in [0.25, 0.3) is 0 Å². The van der Waals surface area contributed by atoms with Gasteiger partial charge in [-0.05, 0) is 60.7 Å². The molecule has 0 bridgehead atoms. The smallest absolute Gasteiger partial charge is 0.237 e. The number of thioether (sulfide) groups is 1. The zero-order valence-electron chi connectivity index (χ0n) is 17.6. The molecule has 0 aliphatic heterocycles. The maximum absolute atomic E-state index is 6.06. The number of nitrogens with zero attached hydrogens (tertiary/aromatic N) is 5. The summed E-state index contributed by atoms with van der Waals surface area (Å²) in [6.07, 6.45) is 0. The third kappa shape index (κ3) is 4.62. The molecule has 5 aromatic rings. The molecule has 2 heterocycles. The van der Waals surface area contributed by atoms with E-state index >= 15 is 0 Å². The first-order chi connectivity index (χ1) is 16.2. The molecule has 0 atom stereocenters. The number of methoxy groups -OCH3 is 1. The molecule has 9 heteroatoms. The molecule has 0 aliphatic carbocycles. The Morgan fingerprint density at radius 1 is 0.909 bits per heavy atom. The first kappa shape index (κ1) is 21.2. The first-order valence-corrected chi connectivity index (χ1v) is 11.4. The second-order valence-corrected chi connectivity index (χ2v) is 8.39. The van der Waals surface area contributed by atoms with Gasteiger partial charge < -0.3 is 9.26 Å². The van der Waals surface area contributed by atoms with E-state index in [0.29, 0.717) is 22.5 Å². The van der Waals surface area contributed by atoms with Crippen LogP contribution >= 0.6 is 23.4 Å². The van der Waals surface area contributed by atoms with Crippen molar-refractivity contribution in [2.24, 2.45) is 0 Å². The van der Waals surface area contributed by atoms with Crippen LogP contribution in [0, 0.1) is 0 Å². The number of hydrogen-bond acceptors (Lipinski definition) is 7. The fraction of sp³-hybridized carbons (Fsp3) is 0.0833. The summed E-state index contributed by atoms with van der Waals surface area (Å²) in [6.45, 7) is 0. The number of benzene rings is 3. The lowest BCUT2D eigenvalue weighted by molar-refractivity contribution is 0.391. The van der Waals surface area contributed by atoms with Crippen LogP contribution < -0.4 is 4.74 Å². The van der Waals surface area contributed by atoms with Gasteiger partial charge in [0, 0.05) is 21.8 Å². The van der Waals surface area contributed by atoms with E-state index in [2.05, 4.69) is 20.3 Å². The third-order valence-electron chi connectivity index (χ3n) is 4.89. The molecule has 5 rings (SSSR count). The molecule has 0 aliphatic rings. The predicted octanol–water partition coefficient (Wildman–Crippen LogP) is 5.94.